The van der Waals surface area contributed by atoms with Crippen LogP contribution >= 0.6 is 0 Å². The molecule has 0 saturated carbocycles. The zero-order valence-electron chi connectivity index (χ0n) is 15.1. The summed E-state index contributed by atoms with van der Waals surface area (Å²) < 4.78 is 27.7. The van der Waals surface area contributed by atoms with Crippen molar-refractivity contribution >= 4 is 15.7 Å². The minimum Gasteiger partial charge on any atom is -0.258 e. The van der Waals surface area contributed by atoms with Gasteiger partial charge in [0, 0.05) is 24.7 Å². The van der Waals surface area contributed by atoms with Gasteiger partial charge in [-0.3, -0.25) is 10.1 Å². The first-order valence-electron chi connectivity index (χ1n) is 8.74. The average Bonchev–Trinajstić information content (AvgIpc) is 2.69. The molecular formula is C21H20N2O4S. The maximum Gasteiger partial charge on any atom is 0.273 e. The molecule has 0 atom stereocenters. The molecule has 28 heavy (non-hydrogen) atoms. The number of hydrogen-bond donors (Lipinski definition) is 0. The molecule has 144 valence electrons. The SMILES string of the molecule is O=[N+]([O-])c1ccccc1CS(=O)(=O)N(Cc1ccccc1)Cc1ccccc1. The Labute approximate surface area is 164 Å². The van der Waals surface area contributed by atoms with Gasteiger partial charge in [0.15, 0.2) is 0 Å². The summed E-state index contributed by atoms with van der Waals surface area (Å²) in [6.07, 6.45) is 0. The molecule has 0 aliphatic carbocycles. The van der Waals surface area contributed by atoms with E-state index in [0.29, 0.717) is 0 Å². The number of para-hydroxylation sites is 1. The van der Waals surface area contributed by atoms with E-state index in [1.54, 1.807) is 6.07 Å². The molecule has 6 nitrogen and oxygen atoms in total. The van der Waals surface area contributed by atoms with Crippen LogP contribution in [0.1, 0.15) is 16.7 Å². The molecule has 0 amide bonds. The van der Waals surface area contributed by atoms with Gasteiger partial charge in [0.2, 0.25) is 10.0 Å². The highest BCUT2D eigenvalue weighted by atomic mass is 32.2. The normalized spacial score (nSPS) is 11.5. The third-order valence-corrected chi connectivity index (χ3v) is 6.04. The van der Waals surface area contributed by atoms with Crippen LogP contribution in [-0.4, -0.2) is 17.6 Å². The van der Waals surface area contributed by atoms with Crippen LogP contribution in [0.25, 0.3) is 0 Å². The van der Waals surface area contributed by atoms with Gasteiger partial charge in [0.1, 0.15) is 0 Å². The Kier molecular flexibility index (Phi) is 6.18. The molecule has 0 aliphatic heterocycles. The Hall–Kier alpha value is -3.03. The number of sulfonamides is 1. The maximum atomic E-state index is 13.2. The number of nitro groups is 1. The third-order valence-electron chi connectivity index (χ3n) is 4.32. The van der Waals surface area contributed by atoms with E-state index in [0.717, 1.165) is 11.1 Å². The van der Waals surface area contributed by atoms with Gasteiger partial charge in [-0.25, -0.2) is 8.42 Å². The van der Waals surface area contributed by atoms with Crippen LogP contribution in [-0.2, 0) is 28.9 Å². The summed E-state index contributed by atoms with van der Waals surface area (Å²) in [4.78, 5) is 10.7. The zero-order valence-corrected chi connectivity index (χ0v) is 16.0. The second-order valence-corrected chi connectivity index (χ2v) is 8.35. The monoisotopic (exact) mass is 396 g/mol. The first-order chi connectivity index (χ1) is 13.5. The highest BCUT2D eigenvalue weighted by Crippen LogP contribution is 2.24. The lowest BCUT2D eigenvalue weighted by Crippen LogP contribution is -2.31. The molecule has 7 heteroatoms. The van der Waals surface area contributed by atoms with Gasteiger partial charge < -0.3 is 0 Å². The van der Waals surface area contributed by atoms with Crippen molar-refractivity contribution in [3.63, 3.8) is 0 Å². The largest absolute Gasteiger partial charge is 0.273 e. The first-order valence-corrected chi connectivity index (χ1v) is 10.3. The number of benzene rings is 3. The van der Waals surface area contributed by atoms with Crippen LogP contribution in [0.4, 0.5) is 5.69 Å². The number of hydrogen-bond acceptors (Lipinski definition) is 4. The van der Waals surface area contributed by atoms with Gasteiger partial charge in [0.25, 0.3) is 5.69 Å². The summed E-state index contributed by atoms with van der Waals surface area (Å²) in [7, 11) is -3.80. The van der Waals surface area contributed by atoms with E-state index in [-0.39, 0.29) is 24.3 Å². The van der Waals surface area contributed by atoms with Crippen molar-refractivity contribution < 1.29 is 13.3 Å². The number of rotatable bonds is 8. The summed E-state index contributed by atoms with van der Waals surface area (Å²) in [5.41, 5.74) is 1.69. The molecule has 0 saturated heterocycles. The predicted octanol–water partition coefficient (Wildman–Crippen LogP) is 4.13. The predicted molar refractivity (Wildman–Crippen MR) is 108 cm³/mol. The van der Waals surface area contributed by atoms with E-state index in [9.17, 15) is 18.5 Å². The summed E-state index contributed by atoms with van der Waals surface area (Å²) in [5, 5.41) is 11.3. The molecular weight excluding hydrogens is 376 g/mol. The minimum atomic E-state index is -3.80. The van der Waals surface area contributed by atoms with Crippen molar-refractivity contribution in [2.75, 3.05) is 0 Å². The van der Waals surface area contributed by atoms with E-state index in [4.69, 9.17) is 0 Å². The Morgan fingerprint density at radius 1 is 0.750 bits per heavy atom. The quantitative estimate of drug-likeness (QED) is 0.424. The Morgan fingerprint density at radius 2 is 1.21 bits per heavy atom. The Bertz CT molecular complexity index is 997. The lowest BCUT2D eigenvalue weighted by Gasteiger charge is -2.22. The topological polar surface area (TPSA) is 80.5 Å². The molecule has 3 rings (SSSR count). The van der Waals surface area contributed by atoms with Crippen molar-refractivity contribution in [2.45, 2.75) is 18.8 Å². The smallest absolute Gasteiger partial charge is 0.258 e. The first kappa shape index (κ1) is 19.7. The van der Waals surface area contributed by atoms with E-state index in [1.807, 2.05) is 60.7 Å². The minimum absolute atomic E-state index is 0.179. The van der Waals surface area contributed by atoms with Gasteiger partial charge >= 0.3 is 0 Å². The average molecular weight is 396 g/mol. The molecule has 3 aromatic rings. The van der Waals surface area contributed by atoms with Gasteiger partial charge in [-0.15, -0.1) is 0 Å². The summed E-state index contributed by atoms with van der Waals surface area (Å²) >= 11 is 0. The van der Waals surface area contributed by atoms with Crippen molar-refractivity contribution in [1.29, 1.82) is 0 Å². The summed E-state index contributed by atoms with van der Waals surface area (Å²) in [6.45, 7) is 0.386. The zero-order chi connectivity index (χ0) is 20.0. The highest BCUT2D eigenvalue weighted by Gasteiger charge is 2.26. The molecule has 0 bridgehead atoms. The van der Waals surface area contributed by atoms with Gasteiger partial charge in [-0.2, -0.15) is 4.31 Å². The van der Waals surface area contributed by atoms with Crippen molar-refractivity contribution in [3.05, 3.63) is 112 Å². The van der Waals surface area contributed by atoms with Crippen LogP contribution in [0.15, 0.2) is 84.9 Å². The van der Waals surface area contributed by atoms with Gasteiger partial charge in [-0.1, -0.05) is 78.9 Å². The molecule has 0 fully saturated rings. The molecule has 0 aromatic heterocycles. The van der Waals surface area contributed by atoms with Crippen LogP contribution in [0.2, 0.25) is 0 Å². The lowest BCUT2D eigenvalue weighted by molar-refractivity contribution is -0.385. The van der Waals surface area contributed by atoms with E-state index in [2.05, 4.69) is 0 Å². The number of nitro benzene ring substituents is 1. The third kappa shape index (κ3) is 5.03. The molecule has 0 aliphatic rings. The molecule has 0 unspecified atom stereocenters. The second kappa shape index (κ2) is 8.77. The van der Waals surface area contributed by atoms with Gasteiger partial charge in [-0.05, 0) is 11.1 Å². The van der Waals surface area contributed by atoms with E-state index in [1.165, 1.54) is 22.5 Å². The van der Waals surface area contributed by atoms with E-state index >= 15 is 0 Å². The van der Waals surface area contributed by atoms with Crippen LogP contribution in [0, 0.1) is 10.1 Å². The second-order valence-electron chi connectivity index (χ2n) is 6.38. The fraction of sp³-hybridized carbons (Fsp3) is 0.143. The van der Waals surface area contributed by atoms with E-state index < -0.39 is 20.7 Å². The fourth-order valence-electron chi connectivity index (χ4n) is 2.93. The van der Waals surface area contributed by atoms with Crippen LogP contribution in [0.3, 0.4) is 0 Å². The summed E-state index contributed by atoms with van der Waals surface area (Å²) in [6, 6.07) is 24.5. The van der Waals surface area contributed by atoms with Crippen molar-refractivity contribution in [1.82, 2.24) is 4.31 Å². The van der Waals surface area contributed by atoms with Crippen molar-refractivity contribution in [3.8, 4) is 0 Å². The highest BCUT2D eigenvalue weighted by molar-refractivity contribution is 7.88. The fourth-order valence-corrected chi connectivity index (χ4v) is 4.44. The number of nitrogens with zero attached hydrogens (tertiary/aromatic N) is 2. The van der Waals surface area contributed by atoms with Crippen LogP contribution < -0.4 is 0 Å². The molecule has 0 N–H and O–H groups in total. The molecule has 0 heterocycles. The van der Waals surface area contributed by atoms with Crippen LogP contribution in [0.5, 0.6) is 0 Å². The summed E-state index contributed by atoms with van der Waals surface area (Å²) in [5.74, 6) is -0.427. The standard InChI is InChI=1S/C21H20N2O4S/c24-23(25)21-14-8-7-13-20(21)17-28(26,27)22(15-18-9-3-1-4-10-18)16-19-11-5-2-6-12-19/h1-14H,15-17H2. The molecule has 0 radical (unpaired) electrons. The van der Waals surface area contributed by atoms with Gasteiger partial charge in [0.05, 0.1) is 10.7 Å². The van der Waals surface area contributed by atoms with Crippen molar-refractivity contribution in [2.24, 2.45) is 0 Å². The maximum absolute atomic E-state index is 13.2. The Balaban J connectivity index is 1.92. The molecule has 3 aromatic carbocycles. The Morgan fingerprint density at radius 3 is 1.71 bits per heavy atom. The molecule has 0 spiro atoms. The lowest BCUT2D eigenvalue weighted by atomic mass is 10.2.